The fraction of sp³-hybridized carbons (Fsp3) is 0.647. The van der Waals surface area contributed by atoms with Gasteiger partial charge >= 0.3 is 0 Å². The topological polar surface area (TPSA) is 44.7 Å². The molecule has 3 atom stereocenters. The van der Waals surface area contributed by atoms with E-state index in [1.54, 1.807) is 0 Å². The molecule has 120 valence electrons. The van der Waals surface area contributed by atoms with Crippen molar-refractivity contribution in [2.24, 2.45) is 5.92 Å². The van der Waals surface area contributed by atoms with Gasteiger partial charge in [0.25, 0.3) is 0 Å². The number of hydrogen-bond donors (Lipinski definition) is 2. The monoisotopic (exact) mass is 294 g/mol. The summed E-state index contributed by atoms with van der Waals surface area (Å²) in [5.74, 6) is 1.43. The second-order valence-electron chi connectivity index (χ2n) is 6.07. The van der Waals surface area contributed by atoms with Crippen molar-refractivity contribution in [2.45, 2.75) is 39.3 Å². The van der Waals surface area contributed by atoms with E-state index >= 15 is 0 Å². The molecule has 4 heteroatoms. The number of anilines is 1. The van der Waals surface area contributed by atoms with Crippen molar-refractivity contribution in [3.63, 3.8) is 0 Å². The van der Waals surface area contributed by atoms with E-state index in [-0.39, 0.29) is 0 Å². The van der Waals surface area contributed by atoms with Crippen LogP contribution in [0, 0.1) is 5.92 Å². The molecule has 0 spiro atoms. The van der Waals surface area contributed by atoms with Crippen LogP contribution in [-0.2, 0) is 0 Å². The smallest absolute Gasteiger partial charge is 0.119 e. The minimum Gasteiger partial charge on any atom is -0.491 e. The van der Waals surface area contributed by atoms with Crippen molar-refractivity contribution in [3.8, 4) is 5.75 Å². The summed E-state index contributed by atoms with van der Waals surface area (Å²) in [6.45, 7) is 7.58. The SMILES string of the molecule is CCC(C)C(C)Nc1ccc(OCC(O)CN(C)C)cc1. The van der Waals surface area contributed by atoms with E-state index in [1.807, 2.05) is 43.3 Å². The molecule has 0 heterocycles. The summed E-state index contributed by atoms with van der Waals surface area (Å²) >= 11 is 0. The van der Waals surface area contributed by atoms with Gasteiger partial charge in [-0.25, -0.2) is 0 Å². The van der Waals surface area contributed by atoms with Crippen LogP contribution in [-0.4, -0.2) is 49.4 Å². The van der Waals surface area contributed by atoms with E-state index in [0.29, 0.717) is 25.1 Å². The Morgan fingerprint density at radius 2 is 1.81 bits per heavy atom. The molecule has 0 aliphatic carbocycles. The van der Waals surface area contributed by atoms with Gasteiger partial charge in [-0.3, -0.25) is 0 Å². The van der Waals surface area contributed by atoms with Crippen molar-refractivity contribution in [1.82, 2.24) is 4.90 Å². The molecule has 0 aliphatic heterocycles. The van der Waals surface area contributed by atoms with E-state index in [4.69, 9.17) is 4.74 Å². The molecule has 0 aliphatic rings. The lowest BCUT2D eigenvalue weighted by atomic mass is 10.0. The zero-order chi connectivity index (χ0) is 15.8. The molecule has 1 aromatic carbocycles. The summed E-state index contributed by atoms with van der Waals surface area (Å²) < 4.78 is 5.59. The first-order chi connectivity index (χ1) is 9.92. The van der Waals surface area contributed by atoms with Gasteiger partial charge in [-0.05, 0) is 51.2 Å². The van der Waals surface area contributed by atoms with Crippen LogP contribution in [0.15, 0.2) is 24.3 Å². The number of hydrogen-bond acceptors (Lipinski definition) is 4. The molecular weight excluding hydrogens is 264 g/mol. The summed E-state index contributed by atoms with van der Waals surface area (Å²) in [7, 11) is 3.87. The molecule has 0 saturated heterocycles. The van der Waals surface area contributed by atoms with Gasteiger partial charge in [0, 0.05) is 18.3 Å². The van der Waals surface area contributed by atoms with Gasteiger partial charge in [-0.1, -0.05) is 20.3 Å². The number of benzene rings is 1. The third-order valence-corrected chi connectivity index (χ3v) is 3.76. The highest BCUT2D eigenvalue weighted by molar-refractivity contribution is 5.47. The Bertz CT molecular complexity index is 392. The standard InChI is InChI=1S/C17H30N2O2/c1-6-13(2)14(3)18-15-7-9-17(10-8-15)21-12-16(20)11-19(4)5/h7-10,13-14,16,18,20H,6,11-12H2,1-5H3. The zero-order valence-corrected chi connectivity index (χ0v) is 14.0. The van der Waals surface area contributed by atoms with Crippen molar-refractivity contribution in [2.75, 3.05) is 32.6 Å². The van der Waals surface area contributed by atoms with Gasteiger partial charge in [0.1, 0.15) is 18.5 Å². The number of nitrogens with zero attached hydrogens (tertiary/aromatic N) is 1. The Morgan fingerprint density at radius 1 is 1.19 bits per heavy atom. The Morgan fingerprint density at radius 3 is 2.33 bits per heavy atom. The Kier molecular flexibility index (Phi) is 7.54. The molecule has 0 fully saturated rings. The first-order valence-electron chi connectivity index (χ1n) is 7.74. The minimum absolute atomic E-state index is 0.314. The predicted molar refractivity (Wildman–Crippen MR) is 89.0 cm³/mol. The highest BCUT2D eigenvalue weighted by Crippen LogP contribution is 2.19. The largest absolute Gasteiger partial charge is 0.491 e. The van der Waals surface area contributed by atoms with Gasteiger partial charge in [-0.2, -0.15) is 0 Å². The third kappa shape index (κ3) is 6.82. The van der Waals surface area contributed by atoms with Gasteiger partial charge < -0.3 is 20.1 Å². The molecule has 1 aromatic rings. The molecular formula is C17H30N2O2. The molecule has 0 saturated carbocycles. The Hall–Kier alpha value is -1.26. The van der Waals surface area contributed by atoms with E-state index in [0.717, 1.165) is 11.4 Å². The van der Waals surface area contributed by atoms with Crippen LogP contribution in [0.5, 0.6) is 5.75 Å². The van der Waals surface area contributed by atoms with Gasteiger partial charge in [-0.15, -0.1) is 0 Å². The van der Waals surface area contributed by atoms with Crippen LogP contribution in [0.2, 0.25) is 0 Å². The van der Waals surface area contributed by atoms with Crippen molar-refractivity contribution >= 4 is 5.69 Å². The molecule has 0 amide bonds. The highest BCUT2D eigenvalue weighted by atomic mass is 16.5. The summed E-state index contributed by atoms with van der Waals surface area (Å²) in [5, 5.41) is 13.3. The fourth-order valence-electron chi connectivity index (χ4n) is 2.07. The molecule has 0 radical (unpaired) electrons. The normalized spacial score (nSPS) is 15.6. The predicted octanol–water partition coefficient (Wildman–Crippen LogP) is 2.83. The highest BCUT2D eigenvalue weighted by Gasteiger charge is 2.10. The van der Waals surface area contributed by atoms with E-state index in [9.17, 15) is 5.11 Å². The fourth-order valence-corrected chi connectivity index (χ4v) is 2.07. The maximum Gasteiger partial charge on any atom is 0.119 e. The van der Waals surface area contributed by atoms with Crippen LogP contribution >= 0.6 is 0 Å². The van der Waals surface area contributed by atoms with Crippen molar-refractivity contribution < 1.29 is 9.84 Å². The molecule has 0 bridgehead atoms. The van der Waals surface area contributed by atoms with E-state index < -0.39 is 6.10 Å². The first-order valence-corrected chi connectivity index (χ1v) is 7.74. The number of rotatable bonds is 9. The lowest BCUT2D eigenvalue weighted by Gasteiger charge is -2.21. The summed E-state index contributed by atoms with van der Waals surface area (Å²) in [6, 6.07) is 8.37. The van der Waals surface area contributed by atoms with Crippen LogP contribution in [0.25, 0.3) is 0 Å². The minimum atomic E-state index is -0.469. The van der Waals surface area contributed by atoms with Gasteiger partial charge in [0.2, 0.25) is 0 Å². The lowest BCUT2D eigenvalue weighted by molar-refractivity contribution is 0.0831. The maximum absolute atomic E-state index is 9.76. The number of nitrogens with one attached hydrogen (secondary N) is 1. The summed E-state index contributed by atoms with van der Waals surface area (Å²) in [4.78, 5) is 1.94. The number of aliphatic hydroxyl groups excluding tert-OH is 1. The molecule has 2 N–H and O–H groups in total. The second kappa shape index (κ2) is 8.90. The van der Waals surface area contributed by atoms with Crippen molar-refractivity contribution in [3.05, 3.63) is 24.3 Å². The van der Waals surface area contributed by atoms with Crippen molar-refractivity contribution in [1.29, 1.82) is 0 Å². The van der Waals surface area contributed by atoms with E-state index in [1.165, 1.54) is 6.42 Å². The Balaban J connectivity index is 2.43. The summed E-state index contributed by atoms with van der Waals surface area (Å²) in [5.41, 5.74) is 1.10. The quantitative estimate of drug-likeness (QED) is 0.735. The number of ether oxygens (including phenoxy) is 1. The second-order valence-corrected chi connectivity index (χ2v) is 6.07. The van der Waals surface area contributed by atoms with Gasteiger partial charge in [0.05, 0.1) is 0 Å². The Labute approximate surface area is 129 Å². The van der Waals surface area contributed by atoms with Crippen LogP contribution in [0.3, 0.4) is 0 Å². The number of likely N-dealkylation sites (N-methyl/N-ethyl adjacent to an activating group) is 1. The van der Waals surface area contributed by atoms with E-state index in [2.05, 4.69) is 26.1 Å². The first kappa shape index (κ1) is 17.8. The average Bonchev–Trinajstić information content (AvgIpc) is 2.44. The molecule has 1 rings (SSSR count). The third-order valence-electron chi connectivity index (χ3n) is 3.76. The van der Waals surface area contributed by atoms with Crippen LogP contribution < -0.4 is 10.1 Å². The maximum atomic E-state index is 9.76. The molecule has 21 heavy (non-hydrogen) atoms. The molecule has 4 nitrogen and oxygen atoms in total. The van der Waals surface area contributed by atoms with Crippen LogP contribution in [0.4, 0.5) is 5.69 Å². The lowest BCUT2D eigenvalue weighted by Crippen LogP contribution is -2.30. The van der Waals surface area contributed by atoms with Crippen LogP contribution in [0.1, 0.15) is 27.2 Å². The average molecular weight is 294 g/mol. The summed E-state index contributed by atoms with van der Waals surface area (Å²) in [6.07, 6.45) is 0.697. The molecule has 0 aromatic heterocycles. The number of aliphatic hydroxyl groups is 1. The zero-order valence-electron chi connectivity index (χ0n) is 14.0. The van der Waals surface area contributed by atoms with Gasteiger partial charge in [0.15, 0.2) is 0 Å². The molecule has 3 unspecified atom stereocenters.